The van der Waals surface area contributed by atoms with E-state index < -0.39 is 10.0 Å². The molecule has 8 nitrogen and oxygen atoms in total. The third-order valence-corrected chi connectivity index (χ3v) is 7.91. The van der Waals surface area contributed by atoms with Crippen LogP contribution in [0.3, 0.4) is 0 Å². The molecule has 0 atom stereocenters. The van der Waals surface area contributed by atoms with E-state index in [9.17, 15) is 13.2 Å². The molecule has 0 saturated carbocycles. The molecule has 4 rings (SSSR count). The predicted molar refractivity (Wildman–Crippen MR) is 122 cm³/mol. The average Bonchev–Trinajstić information content (AvgIpc) is 3.29. The number of hydrogen-bond acceptors (Lipinski definition) is 7. The molecule has 1 aliphatic rings. The summed E-state index contributed by atoms with van der Waals surface area (Å²) in [6, 6.07) is 12.9. The molecular formula is C24H27N3O5S. The van der Waals surface area contributed by atoms with Gasteiger partial charge in [0.15, 0.2) is 6.61 Å². The van der Waals surface area contributed by atoms with Gasteiger partial charge in [-0.15, -0.1) is 0 Å². The molecule has 0 N–H and O–H groups in total. The Hall–Kier alpha value is -3.04. The van der Waals surface area contributed by atoms with Crippen molar-refractivity contribution in [2.45, 2.75) is 45.1 Å². The molecule has 1 aliphatic heterocycles. The third-order valence-electron chi connectivity index (χ3n) is 6.02. The third kappa shape index (κ3) is 5.15. The highest BCUT2D eigenvalue weighted by atomic mass is 32.2. The Morgan fingerprint density at radius 3 is 2.42 bits per heavy atom. The van der Waals surface area contributed by atoms with E-state index in [2.05, 4.69) is 10.1 Å². The van der Waals surface area contributed by atoms with Gasteiger partial charge >= 0.3 is 5.97 Å². The number of benzene rings is 2. The summed E-state index contributed by atoms with van der Waals surface area (Å²) in [5.41, 5.74) is 3.92. The number of rotatable bonds is 6. The van der Waals surface area contributed by atoms with E-state index >= 15 is 0 Å². The second-order valence-corrected chi connectivity index (χ2v) is 10.3. The smallest absolute Gasteiger partial charge is 0.309 e. The Kier molecular flexibility index (Phi) is 6.62. The van der Waals surface area contributed by atoms with Crippen LogP contribution < -0.4 is 0 Å². The van der Waals surface area contributed by atoms with Crippen LogP contribution in [0.25, 0.3) is 11.4 Å². The molecule has 0 radical (unpaired) electrons. The fourth-order valence-corrected chi connectivity index (χ4v) is 5.29. The lowest BCUT2D eigenvalue weighted by molar-refractivity contribution is -0.152. The van der Waals surface area contributed by atoms with Crippen LogP contribution in [-0.4, -0.2) is 41.9 Å². The number of esters is 1. The molecule has 1 saturated heterocycles. The number of carbonyl (C=O) groups excluding carboxylic acids is 1. The Balaban J connectivity index is 1.31. The molecule has 0 unspecified atom stereocenters. The van der Waals surface area contributed by atoms with Crippen LogP contribution in [0.5, 0.6) is 0 Å². The van der Waals surface area contributed by atoms with E-state index in [-0.39, 0.29) is 42.4 Å². The van der Waals surface area contributed by atoms with Gasteiger partial charge in [-0.2, -0.15) is 9.29 Å². The normalized spacial score (nSPS) is 15.5. The molecule has 0 spiro atoms. The minimum atomic E-state index is -3.58. The van der Waals surface area contributed by atoms with Gasteiger partial charge in [0.05, 0.1) is 10.8 Å². The van der Waals surface area contributed by atoms with Crippen molar-refractivity contribution >= 4 is 16.0 Å². The minimum Gasteiger partial charge on any atom is -0.455 e. The Bertz CT molecular complexity index is 1240. The summed E-state index contributed by atoms with van der Waals surface area (Å²) in [5.74, 6) is -0.0939. The highest BCUT2D eigenvalue weighted by molar-refractivity contribution is 7.89. The number of aryl methyl sites for hydroxylation is 3. The number of ether oxygens (including phenoxy) is 1. The van der Waals surface area contributed by atoms with Crippen LogP contribution in [-0.2, 0) is 26.2 Å². The zero-order chi connectivity index (χ0) is 23.6. The van der Waals surface area contributed by atoms with Gasteiger partial charge in [0, 0.05) is 18.7 Å². The number of carbonyl (C=O) groups is 1. The van der Waals surface area contributed by atoms with E-state index in [0.29, 0.717) is 18.7 Å². The van der Waals surface area contributed by atoms with Crippen molar-refractivity contribution in [3.8, 4) is 11.4 Å². The first-order valence-corrected chi connectivity index (χ1v) is 12.3. The van der Waals surface area contributed by atoms with Gasteiger partial charge in [0.2, 0.25) is 15.8 Å². The summed E-state index contributed by atoms with van der Waals surface area (Å²) in [6.07, 6.45) is 0.808. The number of nitrogens with zero attached hydrogens (tertiary/aromatic N) is 3. The summed E-state index contributed by atoms with van der Waals surface area (Å²) >= 11 is 0. The summed E-state index contributed by atoms with van der Waals surface area (Å²) < 4.78 is 37.9. The average molecular weight is 470 g/mol. The Labute approximate surface area is 193 Å². The standard InChI is InChI=1S/C24H27N3O5S/c1-16-4-7-19(8-5-16)23-25-22(32-26-23)15-31-24(28)20-10-12-27(13-11-20)33(29,30)21-9-6-17(2)18(3)14-21/h4-9,14,20H,10-13,15H2,1-3H3. The van der Waals surface area contributed by atoms with Crippen LogP contribution in [0.2, 0.25) is 0 Å². The lowest BCUT2D eigenvalue weighted by atomic mass is 9.98. The molecule has 2 heterocycles. The molecule has 0 bridgehead atoms. The molecule has 0 amide bonds. The van der Waals surface area contributed by atoms with Crippen LogP contribution in [0.1, 0.15) is 35.4 Å². The second-order valence-electron chi connectivity index (χ2n) is 8.41. The van der Waals surface area contributed by atoms with Crippen molar-refractivity contribution in [3.63, 3.8) is 0 Å². The maximum Gasteiger partial charge on any atom is 0.309 e. The van der Waals surface area contributed by atoms with Crippen molar-refractivity contribution < 1.29 is 22.5 Å². The Morgan fingerprint density at radius 1 is 1.06 bits per heavy atom. The van der Waals surface area contributed by atoms with Crippen molar-refractivity contribution in [2.24, 2.45) is 5.92 Å². The van der Waals surface area contributed by atoms with Gasteiger partial charge in [-0.25, -0.2) is 8.42 Å². The number of sulfonamides is 1. The monoisotopic (exact) mass is 469 g/mol. The molecule has 9 heteroatoms. The SMILES string of the molecule is Cc1ccc(-c2noc(COC(=O)C3CCN(S(=O)(=O)c4ccc(C)c(C)c4)CC3)n2)cc1. The van der Waals surface area contributed by atoms with Gasteiger partial charge < -0.3 is 9.26 Å². The van der Waals surface area contributed by atoms with E-state index in [1.807, 2.05) is 51.1 Å². The van der Waals surface area contributed by atoms with Crippen molar-refractivity contribution in [1.29, 1.82) is 0 Å². The first kappa shape index (κ1) is 23.1. The van der Waals surface area contributed by atoms with Gasteiger partial charge in [0.25, 0.3) is 5.89 Å². The van der Waals surface area contributed by atoms with Gasteiger partial charge in [-0.05, 0) is 56.9 Å². The summed E-state index contributed by atoms with van der Waals surface area (Å²) in [6.45, 7) is 6.26. The van der Waals surface area contributed by atoms with Crippen LogP contribution >= 0.6 is 0 Å². The highest BCUT2D eigenvalue weighted by Crippen LogP contribution is 2.26. The van der Waals surface area contributed by atoms with Crippen molar-refractivity contribution in [2.75, 3.05) is 13.1 Å². The minimum absolute atomic E-state index is 0.112. The predicted octanol–water partition coefficient (Wildman–Crippen LogP) is 3.81. The maximum absolute atomic E-state index is 13.0. The van der Waals surface area contributed by atoms with Gasteiger partial charge in [-0.3, -0.25) is 4.79 Å². The summed E-state index contributed by atoms with van der Waals surface area (Å²) in [7, 11) is -3.58. The van der Waals surface area contributed by atoms with Gasteiger partial charge in [-0.1, -0.05) is 41.1 Å². The first-order chi connectivity index (χ1) is 15.7. The fraction of sp³-hybridized carbons (Fsp3) is 0.375. The molecular weight excluding hydrogens is 442 g/mol. The fourth-order valence-electron chi connectivity index (χ4n) is 3.74. The highest BCUT2D eigenvalue weighted by Gasteiger charge is 2.33. The lowest BCUT2D eigenvalue weighted by Crippen LogP contribution is -2.40. The molecule has 33 heavy (non-hydrogen) atoms. The first-order valence-electron chi connectivity index (χ1n) is 10.9. The molecule has 1 aromatic heterocycles. The topological polar surface area (TPSA) is 103 Å². The summed E-state index contributed by atoms with van der Waals surface area (Å²) in [5, 5.41) is 3.93. The molecule has 0 aliphatic carbocycles. The Morgan fingerprint density at radius 2 is 1.76 bits per heavy atom. The largest absolute Gasteiger partial charge is 0.455 e. The molecule has 1 fully saturated rings. The maximum atomic E-state index is 13.0. The zero-order valence-corrected chi connectivity index (χ0v) is 19.8. The molecule has 174 valence electrons. The van der Waals surface area contributed by atoms with Crippen LogP contribution in [0.15, 0.2) is 51.9 Å². The molecule has 2 aromatic carbocycles. The summed E-state index contributed by atoms with van der Waals surface area (Å²) in [4.78, 5) is 17.1. The lowest BCUT2D eigenvalue weighted by Gasteiger charge is -2.30. The number of aromatic nitrogens is 2. The van der Waals surface area contributed by atoms with E-state index in [1.54, 1.807) is 12.1 Å². The quantitative estimate of drug-likeness (QED) is 0.506. The van der Waals surface area contributed by atoms with E-state index in [4.69, 9.17) is 9.26 Å². The van der Waals surface area contributed by atoms with Gasteiger partial charge in [0.1, 0.15) is 0 Å². The van der Waals surface area contributed by atoms with E-state index in [0.717, 1.165) is 22.3 Å². The number of hydrogen-bond donors (Lipinski definition) is 0. The second kappa shape index (κ2) is 9.44. The van der Waals surface area contributed by atoms with Crippen LogP contribution in [0.4, 0.5) is 0 Å². The zero-order valence-electron chi connectivity index (χ0n) is 18.9. The van der Waals surface area contributed by atoms with E-state index in [1.165, 1.54) is 4.31 Å². The number of piperidine rings is 1. The van der Waals surface area contributed by atoms with Crippen LogP contribution in [0, 0.1) is 26.7 Å². The van der Waals surface area contributed by atoms with Crippen molar-refractivity contribution in [1.82, 2.24) is 14.4 Å². The van der Waals surface area contributed by atoms with Crippen molar-refractivity contribution in [3.05, 3.63) is 65.0 Å². The molecule has 3 aromatic rings.